The summed E-state index contributed by atoms with van der Waals surface area (Å²) in [6, 6.07) is 0. The predicted octanol–water partition coefficient (Wildman–Crippen LogP) is 0.933. The monoisotopic (exact) mass is 183 g/mol. The van der Waals surface area contributed by atoms with E-state index in [1.807, 2.05) is 0 Å². The third-order valence-electron chi connectivity index (χ3n) is 1.48. The lowest BCUT2D eigenvalue weighted by Crippen LogP contribution is -1.97. The minimum Gasteiger partial charge on any atom is -0.411 e. The summed E-state index contributed by atoms with van der Waals surface area (Å²) in [5, 5.41) is 12.8. The van der Waals surface area contributed by atoms with E-state index in [2.05, 4.69) is 10.1 Å². The Morgan fingerprint density at radius 1 is 1.75 bits per heavy atom. The topological polar surface area (TPSA) is 68.0 Å². The molecule has 0 bridgehead atoms. The third kappa shape index (κ3) is 0.814. The van der Waals surface area contributed by atoms with Crippen LogP contribution in [-0.2, 0) is 0 Å². The predicted molar refractivity (Wildman–Crippen MR) is 42.6 cm³/mol. The Kier molecular flexibility index (Phi) is 1.37. The van der Waals surface area contributed by atoms with E-state index in [1.165, 1.54) is 18.3 Å². The van der Waals surface area contributed by atoms with Gasteiger partial charge in [-0.1, -0.05) is 16.2 Å². The molecule has 62 valence electrons. The second-order valence-corrected chi connectivity index (χ2v) is 3.13. The van der Waals surface area contributed by atoms with Crippen LogP contribution in [0, 0.1) is 0 Å². The number of carbonyl (C=O) groups excluding carboxylic acids is 1. The number of fused-ring (bicyclic) bond motifs is 1. The number of thiazole rings is 1. The molecule has 12 heavy (non-hydrogen) atoms. The van der Waals surface area contributed by atoms with Crippen molar-refractivity contribution >= 4 is 27.5 Å². The van der Waals surface area contributed by atoms with Crippen LogP contribution in [-0.4, -0.2) is 25.9 Å². The smallest absolute Gasteiger partial charge is 0.183 e. The average Bonchev–Trinajstić information content (AvgIpc) is 2.53. The number of hydrogen-bond donors (Lipinski definition) is 1. The number of rotatable bonds is 1. The van der Waals surface area contributed by atoms with Crippen molar-refractivity contribution in [1.82, 2.24) is 14.9 Å². The van der Waals surface area contributed by atoms with Gasteiger partial charge in [-0.25, -0.2) is 4.98 Å². The highest BCUT2D eigenvalue weighted by atomic mass is 32.1. The highest BCUT2D eigenvalue weighted by Gasteiger charge is 2.15. The van der Waals surface area contributed by atoms with Crippen LogP contribution < -0.4 is 0 Å². The zero-order chi connectivity index (χ0) is 8.72. The van der Waals surface area contributed by atoms with E-state index in [0.29, 0.717) is 15.2 Å². The molecule has 0 aliphatic carbocycles. The number of carbonyl (C=O) groups is 1. The van der Waals surface area contributed by atoms with Gasteiger partial charge < -0.3 is 5.21 Å². The molecule has 2 aromatic rings. The summed E-state index contributed by atoms with van der Waals surface area (Å²) in [5.41, 5.74) is 2.25. The number of aromatic nitrogens is 3. The number of nitrogens with zero attached hydrogens (tertiary/aromatic N) is 3. The fourth-order valence-corrected chi connectivity index (χ4v) is 1.62. The maximum atomic E-state index is 10.9. The lowest BCUT2D eigenvalue weighted by atomic mass is 10.3. The van der Waals surface area contributed by atoms with Crippen molar-refractivity contribution in [3.8, 4) is 0 Å². The van der Waals surface area contributed by atoms with Crippen molar-refractivity contribution in [3.63, 3.8) is 0 Å². The Hall–Kier alpha value is -1.43. The molecule has 0 saturated heterocycles. The number of Topliss-reactive ketones (excluding diaryl/α,β-unsaturated/α-hetero) is 1. The highest BCUT2D eigenvalue weighted by Crippen LogP contribution is 2.19. The molecule has 0 aromatic carbocycles. The zero-order valence-electron chi connectivity index (χ0n) is 6.18. The molecular formula is C6H5N3O2S. The molecule has 5 nitrogen and oxygen atoms in total. The van der Waals surface area contributed by atoms with Gasteiger partial charge >= 0.3 is 0 Å². The summed E-state index contributed by atoms with van der Waals surface area (Å²) in [4.78, 5) is 16.0. The first-order chi connectivity index (χ1) is 5.70. The van der Waals surface area contributed by atoms with E-state index in [0.717, 1.165) is 0 Å². The molecule has 6 heteroatoms. The van der Waals surface area contributed by atoms with Gasteiger partial charge in [0.1, 0.15) is 5.52 Å². The Morgan fingerprint density at radius 3 is 3.17 bits per heavy atom. The maximum Gasteiger partial charge on any atom is 0.183 e. The van der Waals surface area contributed by atoms with Crippen molar-refractivity contribution < 1.29 is 10.0 Å². The van der Waals surface area contributed by atoms with Crippen LogP contribution in [0.1, 0.15) is 17.4 Å². The van der Waals surface area contributed by atoms with Crippen LogP contribution in [0.2, 0.25) is 0 Å². The molecular weight excluding hydrogens is 178 g/mol. The molecule has 0 unspecified atom stereocenters. The molecule has 0 saturated carbocycles. The Labute approximate surface area is 71.2 Å². The van der Waals surface area contributed by atoms with Gasteiger partial charge in [-0.2, -0.15) is 0 Å². The molecule has 2 rings (SSSR count). The van der Waals surface area contributed by atoms with Crippen LogP contribution in [0.15, 0.2) is 5.51 Å². The average molecular weight is 183 g/mol. The van der Waals surface area contributed by atoms with Crippen molar-refractivity contribution in [2.75, 3.05) is 0 Å². The van der Waals surface area contributed by atoms with Crippen molar-refractivity contribution in [2.24, 2.45) is 0 Å². The van der Waals surface area contributed by atoms with Crippen molar-refractivity contribution in [2.45, 2.75) is 6.92 Å². The SMILES string of the molecule is CC(=O)c1nn(O)c2scnc12. The summed E-state index contributed by atoms with van der Waals surface area (Å²) in [7, 11) is 0. The summed E-state index contributed by atoms with van der Waals surface area (Å²) < 4.78 is 0. The molecule has 0 aliphatic rings. The molecule has 0 amide bonds. The number of hydrogen-bond acceptors (Lipinski definition) is 5. The Bertz CT molecular complexity index is 445. The first-order valence-electron chi connectivity index (χ1n) is 3.22. The third-order valence-corrected chi connectivity index (χ3v) is 2.27. The summed E-state index contributed by atoms with van der Waals surface area (Å²) in [5.74, 6) is -0.196. The highest BCUT2D eigenvalue weighted by molar-refractivity contribution is 7.16. The lowest BCUT2D eigenvalue weighted by Gasteiger charge is -1.84. The Balaban J connectivity index is 2.83. The second kappa shape index (κ2) is 2.28. The van der Waals surface area contributed by atoms with Crippen molar-refractivity contribution in [3.05, 3.63) is 11.2 Å². The lowest BCUT2D eigenvalue weighted by molar-refractivity contribution is 0.0997. The number of ketones is 1. The van der Waals surface area contributed by atoms with E-state index in [9.17, 15) is 4.79 Å². The molecule has 2 heterocycles. The standard InChI is InChI=1S/C6H5N3O2S/c1-3(10)4-5-6(9(11)8-4)12-2-7-5/h2,11H,1H3. The van der Waals surface area contributed by atoms with Crippen LogP contribution in [0.25, 0.3) is 10.3 Å². The Morgan fingerprint density at radius 2 is 2.50 bits per heavy atom. The van der Waals surface area contributed by atoms with E-state index in [-0.39, 0.29) is 11.5 Å². The van der Waals surface area contributed by atoms with Gasteiger partial charge in [-0.15, -0.1) is 5.10 Å². The van der Waals surface area contributed by atoms with Gasteiger partial charge in [-0.05, 0) is 0 Å². The van der Waals surface area contributed by atoms with E-state index in [4.69, 9.17) is 5.21 Å². The minimum absolute atomic E-state index is 0.196. The molecule has 0 aliphatic heterocycles. The van der Waals surface area contributed by atoms with Gasteiger partial charge in [0.2, 0.25) is 0 Å². The molecule has 0 radical (unpaired) electrons. The van der Waals surface area contributed by atoms with Gasteiger partial charge in [-0.3, -0.25) is 4.79 Å². The second-order valence-electron chi connectivity index (χ2n) is 2.30. The fraction of sp³-hybridized carbons (Fsp3) is 0.167. The van der Waals surface area contributed by atoms with Crippen molar-refractivity contribution in [1.29, 1.82) is 0 Å². The van der Waals surface area contributed by atoms with Crippen LogP contribution in [0.3, 0.4) is 0 Å². The van der Waals surface area contributed by atoms with E-state index >= 15 is 0 Å². The van der Waals surface area contributed by atoms with Gasteiger partial charge in [0.25, 0.3) is 0 Å². The molecule has 2 aromatic heterocycles. The van der Waals surface area contributed by atoms with Crippen LogP contribution in [0.4, 0.5) is 0 Å². The van der Waals surface area contributed by atoms with E-state index < -0.39 is 0 Å². The summed E-state index contributed by atoms with van der Waals surface area (Å²) in [6.07, 6.45) is 0. The van der Waals surface area contributed by atoms with Crippen LogP contribution >= 0.6 is 11.3 Å². The first kappa shape index (κ1) is 7.23. The summed E-state index contributed by atoms with van der Waals surface area (Å²) >= 11 is 1.24. The quantitative estimate of drug-likeness (QED) is 0.527. The fourth-order valence-electron chi connectivity index (χ4n) is 0.969. The summed E-state index contributed by atoms with van der Waals surface area (Å²) in [6.45, 7) is 1.39. The first-order valence-corrected chi connectivity index (χ1v) is 4.10. The molecule has 0 atom stereocenters. The van der Waals surface area contributed by atoms with Gasteiger partial charge in [0.15, 0.2) is 16.3 Å². The normalized spacial score (nSPS) is 10.8. The zero-order valence-corrected chi connectivity index (χ0v) is 7.00. The van der Waals surface area contributed by atoms with E-state index in [1.54, 1.807) is 5.51 Å². The molecule has 0 spiro atoms. The maximum absolute atomic E-state index is 10.9. The van der Waals surface area contributed by atoms with Gasteiger partial charge in [0, 0.05) is 6.92 Å². The van der Waals surface area contributed by atoms with Crippen LogP contribution in [0.5, 0.6) is 0 Å². The molecule has 1 N–H and O–H groups in total. The van der Waals surface area contributed by atoms with Gasteiger partial charge in [0.05, 0.1) is 5.51 Å². The minimum atomic E-state index is -0.196. The largest absolute Gasteiger partial charge is 0.411 e. The molecule has 0 fully saturated rings.